The van der Waals surface area contributed by atoms with Crippen molar-refractivity contribution in [3.63, 3.8) is 0 Å². The Hall–Kier alpha value is -3.38. The Labute approximate surface area is 210 Å². The van der Waals surface area contributed by atoms with Crippen LogP contribution in [0.3, 0.4) is 0 Å². The average molecular weight is 497 g/mol. The van der Waals surface area contributed by atoms with Crippen molar-refractivity contribution in [1.82, 2.24) is 10.2 Å². The molecule has 35 heavy (non-hydrogen) atoms. The van der Waals surface area contributed by atoms with Gasteiger partial charge >= 0.3 is 0 Å². The topological polar surface area (TPSA) is 58.6 Å². The standard InChI is InChI=1S/C28H30ClFN2O3/c1-28(2,3)31-27(34)25(17-20-9-5-4-6-10-20)32(18-21-11-7-8-12-24(21)30)26(33)19-35-23-15-13-22(29)14-16-23/h4-16,25H,17-19H2,1-3H3,(H,31,34)/t25-/m1/s1. The zero-order valence-electron chi connectivity index (χ0n) is 20.1. The lowest BCUT2D eigenvalue weighted by atomic mass is 10.0. The molecule has 2 amide bonds. The maximum absolute atomic E-state index is 14.6. The van der Waals surface area contributed by atoms with E-state index in [0.717, 1.165) is 5.56 Å². The van der Waals surface area contributed by atoms with E-state index in [-0.39, 0.29) is 25.5 Å². The van der Waals surface area contributed by atoms with Crippen molar-refractivity contribution in [1.29, 1.82) is 0 Å². The van der Waals surface area contributed by atoms with Gasteiger partial charge in [0.05, 0.1) is 0 Å². The van der Waals surface area contributed by atoms with Crippen LogP contribution in [0.1, 0.15) is 31.9 Å². The van der Waals surface area contributed by atoms with E-state index in [1.165, 1.54) is 11.0 Å². The zero-order valence-corrected chi connectivity index (χ0v) is 20.9. The Morgan fingerprint density at radius 2 is 1.60 bits per heavy atom. The molecule has 184 valence electrons. The van der Waals surface area contributed by atoms with Gasteiger partial charge in [0.2, 0.25) is 5.91 Å². The van der Waals surface area contributed by atoms with Gasteiger partial charge in [0.1, 0.15) is 17.6 Å². The summed E-state index contributed by atoms with van der Waals surface area (Å²) in [6.07, 6.45) is 0.268. The third kappa shape index (κ3) is 8.11. The van der Waals surface area contributed by atoms with Gasteiger partial charge in [0, 0.05) is 29.1 Å². The lowest BCUT2D eigenvalue weighted by molar-refractivity contribution is -0.143. The predicted octanol–water partition coefficient (Wildman–Crippen LogP) is 5.41. The van der Waals surface area contributed by atoms with Gasteiger partial charge in [0.15, 0.2) is 6.61 Å². The van der Waals surface area contributed by atoms with Gasteiger partial charge < -0.3 is 15.0 Å². The average Bonchev–Trinajstić information content (AvgIpc) is 2.81. The van der Waals surface area contributed by atoms with Crippen LogP contribution in [0.5, 0.6) is 5.75 Å². The van der Waals surface area contributed by atoms with Crippen LogP contribution in [0.15, 0.2) is 78.9 Å². The number of halogens is 2. The summed E-state index contributed by atoms with van der Waals surface area (Å²) in [7, 11) is 0. The number of rotatable bonds is 9. The summed E-state index contributed by atoms with van der Waals surface area (Å²) >= 11 is 5.93. The summed E-state index contributed by atoms with van der Waals surface area (Å²) in [5.74, 6) is -0.739. The Bertz CT molecular complexity index is 1130. The summed E-state index contributed by atoms with van der Waals surface area (Å²) in [5, 5.41) is 3.52. The normalized spacial score (nSPS) is 12.0. The van der Waals surface area contributed by atoms with Gasteiger partial charge in [0.25, 0.3) is 5.91 Å². The second-order valence-electron chi connectivity index (χ2n) is 9.30. The highest BCUT2D eigenvalue weighted by molar-refractivity contribution is 6.30. The molecular weight excluding hydrogens is 467 g/mol. The minimum atomic E-state index is -0.877. The molecular formula is C28H30ClFN2O3. The van der Waals surface area contributed by atoms with Crippen molar-refractivity contribution >= 4 is 23.4 Å². The summed E-state index contributed by atoms with van der Waals surface area (Å²) < 4.78 is 20.3. The molecule has 1 N–H and O–H groups in total. The van der Waals surface area contributed by atoms with E-state index in [1.54, 1.807) is 42.5 Å². The van der Waals surface area contributed by atoms with Crippen molar-refractivity contribution in [3.05, 3.63) is 101 Å². The number of carbonyl (C=O) groups is 2. The Morgan fingerprint density at radius 3 is 2.23 bits per heavy atom. The molecule has 0 saturated heterocycles. The first-order valence-electron chi connectivity index (χ1n) is 11.4. The predicted molar refractivity (Wildman–Crippen MR) is 136 cm³/mol. The first-order chi connectivity index (χ1) is 16.6. The Kier molecular flexibility index (Phi) is 8.88. The highest BCUT2D eigenvalue weighted by Crippen LogP contribution is 2.19. The monoisotopic (exact) mass is 496 g/mol. The number of ether oxygens (including phenoxy) is 1. The van der Waals surface area contributed by atoms with Crippen LogP contribution in [-0.2, 0) is 22.6 Å². The second-order valence-corrected chi connectivity index (χ2v) is 9.74. The van der Waals surface area contributed by atoms with Crippen molar-refractivity contribution in [3.8, 4) is 5.75 Å². The van der Waals surface area contributed by atoms with Crippen molar-refractivity contribution < 1.29 is 18.7 Å². The molecule has 0 radical (unpaired) electrons. The summed E-state index contributed by atoms with van der Waals surface area (Å²) in [6.45, 7) is 5.22. The van der Waals surface area contributed by atoms with E-state index in [4.69, 9.17) is 16.3 Å². The Morgan fingerprint density at radius 1 is 0.971 bits per heavy atom. The molecule has 3 aromatic carbocycles. The number of carbonyl (C=O) groups excluding carboxylic acids is 2. The van der Waals surface area contributed by atoms with Crippen LogP contribution >= 0.6 is 11.6 Å². The molecule has 0 fully saturated rings. The zero-order chi connectivity index (χ0) is 25.4. The number of hydrogen-bond acceptors (Lipinski definition) is 3. The van der Waals surface area contributed by atoms with Gasteiger partial charge in [-0.05, 0) is 56.7 Å². The molecule has 1 atom stereocenters. The van der Waals surface area contributed by atoms with Gasteiger partial charge in [-0.15, -0.1) is 0 Å². The highest BCUT2D eigenvalue weighted by Gasteiger charge is 2.32. The van der Waals surface area contributed by atoms with E-state index >= 15 is 0 Å². The van der Waals surface area contributed by atoms with Gasteiger partial charge in [-0.2, -0.15) is 0 Å². The van der Waals surface area contributed by atoms with E-state index in [0.29, 0.717) is 16.3 Å². The summed E-state index contributed by atoms with van der Waals surface area (Å²) in [6, 6.07) is 21.4. The van der Waals surface area contributed by atoms with Crippen LogP contribution in [-0.4, -0.2) is 34.9 Å². The molecule has 5 nitrogen and oxygen atoms in total. The molecule has 0 heterocycles. The van der Waals surface area contributed by atoms with Crippen LogP contribution in [0, 0.1) is 5.82 Å². The fourth-order valence-electron chi connectivity index (χ4n) is 3.58. The van der Waals surface area contributed by atoms with Crippen LogP contribution in [0.4, 0.5) is 4.39 Å². The van der Waals surface area contributed by atoms with Gasteiger partial charge in [-0.3, -0.25) is 9.59 Å². The molecule has 0 aliphatic heterocycles. The first-order valence-corrected chi connectivity index (χ1v) is 11.8. The molecule has 0 spiro atoms. The molecule has 0 saturated carbocycles. The maximum atomic E-state index is 14.6. The van der Waals surface area contributed by atoms with Crippen LogP contribution in [0.2, 0.25) is 5.02 Å². The molecule has 3 aromatic rings. The summed E-state index contributed by atoms with van der Waals surface area (Å²) in [4.78, 5) is 28.3. The van der Waals surface area contributed by atoms with Gasteiger partial charge in [-0.1, -0.05) is 60.1 Å². The fourth-order valence-corrected chi connectivity index (χ4v) is 3.70. The molecule has 0 bridgehead atoms. The van der Waals surface area contributed by atoms with Crippen molar-refractivity contribution in [2.75, 3.05) is 6.61 Å². The minimum Gasteiger partial charge on any atom is -0.484 e. The molecule has 0 aliphatic rings. The largest absolute Gasteiger partial charge is 0.484 e. The lowest BCUT2D eigenvalue weighted by Crippen LogP contribution is -2.55. The third-order valence-corrected chi connectivity index (χ3v) is 5.50. The highest BCUT2D eigenvalue weighted by atomic mass is 35.5. The van der Waals surface area contributed by atoms with Crippen LogP contribution < -0.4 is 10.1 Å². The van der Waals surface area contributed by atoms with E-state index < -0.39 is 23.3 Å². The number of nitrogens with zero attached hydrogens (tertiary/aromatic N) is 1. The molecule has 3 rings (SSSR count). The molecule has 0 aromatic heterocycles. The van der Waals surface area contributed by atoms with Gasteiger partial charge in [-0.25, -0.2) is 4.39 Å². The van der Waals surface area contributed by atoms with E-state index in [2.05, 4.69) is 5.32 Å². The number of benzene rings is 3. The minimum absolute atomic E-state index is 0.0788. The van der Waals surface area contributed by atoms with E-state index in [1.807, 2.05) is 51.1 Å². The molecule has 0 aliphatic carbocycles. The number of amides is 2. The third-order valence-electron chi connectivity index (χ3n) is 5.24. The van der Waals surface area contributed by atoms with Crippen molar-refractivity contribution in [2.45, 2.75) is 45.3 Å². The molecule has 7 heteroatoms. The number of hydrogen-bond donors (Lipinski definition) is 1. The second kappa shape index (κ2) is 11.8. The first kappa shape index (κ1) is 26.2. The SMILES string of the molecule is CC(C)(C)NC(=O)[C@@H](Cc1ccccc1)N(Cc1ccccc1F)C(=O)COc1ccc(Cl)cc1. The smallest absolute Gasteiger partial charge is 0.261 e. The van der Waals surface area contributed by atoms with Crippen molar-refractivity contribution in [2.24, 2.45) is 0 Å². The lowest BCUT2D eigenvalue weighted by Gasteiger charge is -2.33. The summed E-state index contributed by atoms with van der Waals surface area (Å²) in [5.41, 5.74) is 0.680. The maximum Gasteiger partial charge on any atom is 0.261 e. The fraction of sp³-hybridized carbons (Fsp3) is 0.286. The Balaban J connectivity index is 1.93. The quantitative estimate of drug-likeness (QED) is 0.430. The van der Waals surface area contributed by atoms with E-state index in [9.17, 15) is 14.0 Å². The number of nitrogens with one attached hydrogen (secondary N) is 1. The van der Waals surface area contributed by atoms with Crippen LogP contribution in [0.25, 0.3) is 0 Å². The molecule has 0 unspecified atom stereocenters.